The molecule has 1 amide bonds. The summed E-state index contributed by atoms with van der Waals surface area (Å²) in [5.74, 6) is -0.0457. The standard InChI is InChI=1S/C17H15N3O2/c1-10-12-7-6-11(8-13(12)16(21)18-10)9-20-15-5-3-2-4-14(15)19-17(20)22/h2-8,10H,9H2,1H3,(H,18,21)(H,19,22). The van der Waals surface area contributed by atoms with Crippen LogP contribution in [0, 0.1) is 0 Å². The number of rotatable bonds is 2. The van der Waals surface area contributed by atoms with Crippen LogP contribution in [0.1, 0.15) is 34.5 Å². The van der Waals surface area contributed by atoms with Crippen LogP contribution in [0.4, 0.5) is 0 Å². The lowest BCUT2D eigenvalue weighted by Crippen LogP contribution is -2.18. The molecule has 1 aliphatic heterocycles. The molecule has 2 heterocycles. The first-order valence-corrected chi connectivity index (χ1v) is 7.25. The van der Waals surface area contributed by atoms with Gasteiger partial charge in [0, 0.05) is 5.56 Å². The summed E-state index contributed by atoms with van der Waals surface area (Å²) in [7, 11) is 0. The highest BCUT2D eigenvalue weighted by Crippen LogP contribution is 2.26. The number of amides is 1. The molecule has 0 bridgehead atoms. The Hall–Kier alpha value is -2.82. The molecule has 0 spiro atoms. The second-order valence-corrected chi connectivity index (χ2v) is 5.65. The molecule has 0 radical (unpaired) electrons. The molecule has 5 heteroatoms. The van der Waals surface area contributed by atoms with Gasteiger partial charge in [0.05, 0.1) is 23.6 Å². The van der Waals surface area contributed by atoms with Crippen LogP contribution < -0.4 is 11.0 Å². The van der Waals surface area contributed by atoms with Crippen LogP contribution in [0.25, 0.3) is 11.0 Å². The lowest BCUT2D eigenvalue weighted by atomic mass is 10.0. The van der Waals surface area contributed by atoms with Crippen molar-refractivity contribution >= 4 is 16.9 Å². The quantitative estimate of drug-likeness (QED) is 0.760. The van der Waals surface area contributed by atoms with Crippen LogP contribution in [-0.4, -0.2) is 15.5 Å². The molecule has 0 aliphatic carbocycles. The number of hydrogen-bond acceptors (Lipinski definition) is 2. The van der Waals surface area contributed by atoms with Gasteiger partial charge in [0.2, 0.25) is 0 Å². The summed E-state index contributed by atoms with van der Waals surface area (Å²) >= 11 is 0. The maximum absolute atomic E-state index is 12.1. The minimum absolute atomic E-state index is 0.0457. The number of hydrogen-bond donors (Lipinski definition) is 2. The second kappa shape index (κ2) is 4.59. The molecular weight excluding hydrogens is 278 g/mol. The first kappa shape index (κ1) is 12.9. The van der Waals surface area contributed by atoms with Gasteiger partial charge in [-0.1, -0.05) is 24.3 Å². The van der Waals surface area contributed by atoms with Gasteiger partial charge in [0.25, 0.3) is 5.91 Å². The Morgan fingerprint density at radius 3 is 2.82 bits per heavy atom. The number of nitrogens with one attached hydrogen (secondary N) is 2. The number of imidazole rings is 1. The van der Waals surface area contributed by atoms with Gasteiger partial charge in [-0.2, -0.15) is 0 Å². The highest BCUT2D eigenvalue weighted by atomic mass is 16.2. The zero-order valence-corrected chi connectivity index (χ0v) is 12.1. The van der Waals surface area contributed by atoms with Crippen LogP contribution in [0.15, 0.2) is 47.3 Å². The topological polar surface area (TPSA) is 66.9 Å². The van der Waals surface area contributed by atoms with Crippen molar-refractivity contribution in [2.24, 2.45) is 0 Å². The molecule has 1 unspecified atom stereocenters. The fourth-order valence-electron chi connectivity index (χ4n) is 3.07. The lowest BCUT2D eigenvalue weighted by molar-refractivity contribution is 0.0958. The molecule has 0 saturated carbocycles. The number of fused-ring (bicyclic) bond motifs is 2. The van der Waals surface area contributed by atoms with Crippen molar-refractivity contribution in [1.82, 2.24) is 14.9 Å². The third-order valence-corrected chi connectivity index (χ3v) is 4.20. The summed E-state index contributed by atoms with van der Waals surface area (Å²) < 4.78 is 1.69. The van der Waals surface area contributed by atoms with Gasteiger partial charge in [-0.15, -0.1) is 0 Å². The number of H-pyrrole nitrogens is 1. The minimum atomic E-state index is -0.139. The van der Waals surface area contributed by atoms with Crippen molar-refractivity contribution < 1.29 is 4.79 Å². The number of carbonyl (C=O) groups excluding carboxylic acids is 1. The summed E-state index contributed by atoms with van der Waals surface area (Å²) in [5, 5.41) is 2.90. The summed E-state index contributed by atoms with van der Waals surface area (Å²) in [6, 6.07) is 13.5. The Kier molecular flexibility index (Phi) is 2.69. The highest BCUT2D eigenvalue weighted by molar-refractivity contribution is 5.99. The number of aromatic nitrogens is 2. The van der Waals surface area contributed by atoms with Gasteiger partial charge in [0.15, 0.2) is 0 Å². The van der Waals surface area contributed by atoms with Gasteiger partial charge in [-0.25, -0.2) is 4.79 Å². The average Bonchev–Trinajstić information content (AvgIpc) is 2.97. The first-order chi connectivity index (χ1) is 10.6. The van der Waals surface area contributed by atoms with E-state index in [0.29, 0.717) is 12.1 Å². The van der Waals surface area contributed by atoms with Crippen molar-refractivity contribution in [2.75, 3.05) is 0 Å². The Balaban J connectivity index is 1.78. The Morgan fingerprint density at radius 1 is 1.14 bits per heavy atom. The molecule has 110 valence electrons. The smallest absolute Gasteiger partial charge is 0.326 e. The Bertz CT molecular complexity index is 952. The van der Waals surface area contributed by atoms with E-state index in [2.05, 4.69) is 10.3 Å². The molecule has 5 nitrogen and oxygen atoms in total. The van der Waals surface area contributed by atoms with E-state index >= 15 is 0 Å². The summed E-state index contributed by atoms with van der Waals surface area (Å²) in [6.45, 7) is 2.41. The van der Waals surface area contributed by atoms with Crippen molar-refractivity contribution in [3.8, 4) is 0 Å². The largest absolute Gasteiger partial charge is 0.345 e. The van der Waals surface area contributed by atoms with Crippen molar-refractivity contribution in [2.45, 2.75) is 19.5 Å². The van der Waals surface area contributed by atoms with Crippen LogP contribution in [-0.2, 0) is 6.54 Å². The van der Waals surface area contributed by atoms with E-state index in [4.69, 9.17) is 0 Å². The predicted molar refractivity (Wildman–Crippen MR) is 84.0 cm³/mol. The average molecular weight is 293 g/mol. The molecule has 2 aromatic carbocycles. The monoisotopic (exact) mass is 293 g/mol. The van der Waals surface area contributed by atoms with Crippen molar-refractivity contribution in [1.29, 1.82) is 0 Å². The highest BCUT2D eigenvalue weighted by Gasteiger charge is 2.25. The van der Waals surface area contributed by atoms with Gasteiger partial charge in [-0.05, 0) is 36.2 Å². The molecule has 1 atom stereocenters. The number of carbonyl (C=O) groups is 1. The lowest BCUT2D eigenvalue weighted by Gasteiger charge is -2.07. The maximum atomic E-state index is 12.1. The molecule has 1 aromatic heterocycles. The summed E-state index contributed by atoms with van der Waals surface area (Å²) in [6.07, 6.45) is 0. The predicted octanol–water partition coefficient (Wildman–Crippen LogP) is 2.18. The third kappa shape index (κ3) is 1.86. The molecule has 4 rings (SSSR count). The van der Waals surface area contributed by atoms with Crippen molar-refractivity contribution in [3.63, 3.8) is 0 Å². The molecule has 2 N–H and O–H groups in total. The fraction of sp³-hybridized carbons (Fsp3) is 0.176. The molecule has 0 saturated heterocycles. The summed E-state index contributed by atoms with van der Waals surface area (Å²) in [4.78, 5) is 26.9. The zero-order chi connectivity index (χ0) is 15.3. The van der Waals surface area contributed by atoms with E-state index in [1.807, 2.05) is 49.4 Å². The zero-order valence-electron chi connectivity index (χ0n) is 12.1. The second-order valence-electron chi connectivity index (χ2n) is 5.65. The van der Waals surface area contributed by atoms with E-state index in [-0.39, 0.29) is 17.6 Å². The van der Waals surface area contributed by atoms with Crippen LogP contribution in [0.2, 0.25) is 0 Å². The number of nitrogens with zero attached hydrogens (tertiary/aromatic N) is 1. The summed E-state index contributed by atoms with van der Waals surface area (Å²) in [5.41, 5.74) is 4.21. The molecular formula is C17H15N3O2. The SMILES string of the molecule is CC1NC(=O)c2cc(Cn3c(=O)[nH]c4ccccc43)ccc21. The van der Waals surface area contributed by atoms with Crippen LogP contribution in [0.5, 0.6) is 0 Å². The van der Waals surface area contributed by atoms with E-state index in [9.17, 15) is 9.59 Å². The van der Waals surface area contributed by atoms with Gasteiger partial charge in [-0.3, -0.25) is 9.36 Å². The number of para-hydroxylation sites is 2. The van der Waals surface area contributed by atoms with Crippen molar-refractivity contribution in [3.05, 3.63) is 69.6 Å². The molecule has 0 fully saturated rings. The van der Waals surface area contributed by atoms with E-state index < -0.39 is 0 Å². The van der Waals surface area contributed by atoms with E-state index in [0.717, 1.165) is 22.2 Å². The fourth-order valence-corrected chi connectivity index (χ4v) is 3.07. The van der Waals surface area contributed by atoms with Crippen LogP contribution in [0.3, 0.4) is 0 Å². The van der Waals surface area contributed by atoms with Gasteiger partial charge in [0.1, 0.15) is 0 Å². The van der Waals surface area contributed by atoms with Crippen LogP contribution >= 0.6 is 0 Å². The Morgan fingerprint density at radius 2 is 1.95 bits per heavy atom. The Labute approximate surface area is 126 Å². The molecule has 1 aliphatic rings. The third-order valence-electron chi connectivity index (χ3n) is 4.20. The van der Waals surface area contributed by atoms with Gasteiger partial charge >= 0.3 is 5.69 Å². The maximum Gasteiger partial charge on any atom is 0.326 e. The molecule has 3 aromatic rings. The van der Waals surface area contributed by atoms with E-state index in [1.54, 1.807) is 4.57 Å². The van der Waals surface area contributed by atoms with E-state index in [1.165, 1.54) is 0 Å². The number of benzene rings is 2. The normalized spacial score (nSPS) is 16.8. The minimum Gasteiger partial charge on any atom is -0.345 e. The first-order valence-electron chi connectivity index (χ1n) is 7.25. The van der Waals surface area contributed by atoms with Gasteiger partial charge < -0.3 is 10.3 Å². The number of aromatic amines is 1. The molecule has 22 heavy (non-hydrogen) atoms.